The van der Waals surface area contributed by atoms with Crippen LogP contribution in [0.15, 0.2) is 47.4 Å². The zero-order valence-corrected chi connectivity index (χ0v) is 15.9. The number of aryl methyl sites for hydroxylation is 2. The Bertz CT molecular complexity index is 1010. The Morgan fingerprint density at radius 3 is 2.72 bits per heavy atom. The lowest BCUT2D eigenvalue weighted by atomic mass is 10.2. The van der Waals surface area contributed by atoms with Gasteiger partial charge in [0, 0.05) is 6.54 Å². The fourth-order valence-corrected chi connectivity index (χ4v) is 6.57. The van der Waals surface area contributed by atoms with Gasteiger partial charge in [0.2, 0.25) is 10.0 Å². The number of hydrogen-bond acceptors (Lipinski definition) is 4. The fraction of sp³-hybridized carbons (Fsp3) is 0.316. The van der Waals surface area contributed by atoms with Crippen molar-refractivity contribution in [2.45, 2.75) is 37.6 Å². The molecule has 1 aromatic heterocycles. The molecule has 1 unspecified atom stereocenters. The molecule has 4 nitrogen and oxygen atoms in total. The lowest BCUT2D eigenvalue weighted by Crippen LogP contribution is -2.31. The molecule has 0 N–H and O–H groups in total. The summed E-state index contributed by atoms with van der Waals surface area (Å²) in [6.45, 7) is 4.39. The Labute approximate surface area is 152 Å². The minimum atomic E-state index is -3.52. The number of rotatable bonds is 3. The van der Waals surface area contributed by atoms with Gasteiger partial charge in [-0.1, -0.05) is 29.8 Å². The third-order valence-corrected chi connectivity index (χ3v) is 7.92. The molecule has 1 atom stereocenters. The van der Waals surface area contributed by atoms with Crippen molar-refractivity contribution in [3.8, 4) is 0 Å². The number of hydrogen-bond donors (Lipinski definition) is 0. The predicted octanol–water partition coefficient (Wildman–Crippen LogP) is 4.44. The Balaban J connectivity index is 1.75. The first-order valence-electron chi connectivity index (χ1n) is 8.41. The van der Waals surface area contributed by atoms with Crippen molar-refractivity contribution in [3.63, 3.8) is 0 Å². The first kappa shape index (κ1) is 16.7. The monoisotopic (exact) mass is 372 g/mol. The van der Waals surface area contributed by atoms with Crippen molar-refractivity contribution in [2.75, 3.05) is 6.54 Å². The second kappa shape index (κ2) is 6.20. The van der Waals surface area contributed by atoms with Gasteiger partial charge in [0.15, 0.2) is 0 Å². The van der Waals surface area contributed by atoms with Crippen LogP contribution in [0.4, 0.5) is 0 Å². The van der Waals surface area contributed by atoms with Crippen molar-refractivity contribution < 1.29 is 8.42 Å². The minimum absolute atomic E-state index is 0.164. The summed E-state index contributed by atoms with van der Waals surface area (Å²) in [4.78, 5) is 5.11. The van der Waals surface area contributed by atoms with E-state index in [9.17, 15) is 8.42 Å². The van der Waals surface area contributed by atoms with Crippen LogP contribution in [-0.2, 0) is 10.0 Å². The van der Waals surface area contributed by atoms with E-state index in [0.717, 1.165) is 39.2 Å². The second-order valence-electron chi connectivity index (χ2n) is 6.56. The van der Waals surface area contributed by atoms with Crippen molar-refractivity contribution in [2.24, 2.45) is 0 Å². The Morgan fingerprint density at radius 1 is 1.16 bits per heavy atom. The van der Waals surface area contributed by atoms with Gasteiger partial charge in [0.25, 0.3) is 0 Å². The number of para-hydroxylation sites is 1. The average Bonchev–Trinajstić information content (AvgIpc) is 3.21. The summed E-state index contributed by atoms with van der Waals surface area (Å²) in [7, 11) is -3.52. The Kier molecular flexibility index (Phi) is 4.14. The maximum atomic E-state index is 13.3. The minimum Gasteiger partial charge on any atom is -0.239 e. The van der Waals surface area contributed by atoms with Gasteiger partial charge in [-0.05, 0) is 50.5 Å². The standard InChI is InChI=1S/C19H20N2O2S2/c1-13-9-10-18(14(2)12-13)25(22,23)21-11-5-7-16(21)19-20-15-6-3-4-8-17(15)24-19/h3-4,6,8-10,12,16H,5,7,11H2,1-2H3. The topological polar surface area (TPSA) is 50.3 Å². The molecule has 1 fully saturated rings. The molecule has 0 aliphatic carbocycles. The highest BCUT2D eigenvalue weighted by molar-refractivity contribution is 7.89. The van der Waals surface area contributed by atoms with Gasteiger partial charge >= 0.3 is 0 Å². The summed E-state index contributed by atoms with van der Waals surface area (Å²) < 4.78 is 29.3. The first-order chi connectivity index (χ1) is 12.0. The molecule has 25 heavy (non-hydrogen) atoms. The summed E-state index contributed by atoms with van der Waals surface area (Å²) in [5.74, 6) is 0. The number of nitrogens with zero attached hydrogens (tertiary/aromatic N) is 2. The van der Waals surface area contributed by atoms with Crippen LogP contribution < -0.4 is 0 Å². The normalized spacial score (nSPS) is 18.9. The van der Waals surface area contributed by atoms with E-state index < -0.39 is 10.0 Å². The van der Waals surface area contributed by atoms with E-state index in [-0.39, 0.29) is 6.04 Å². The molecule has 1 aliphatic heterocycles. The number of benzene rings is 2. The van der Waals surface area contributed by atoms with Gasteiger partial charge < -0.3 is 0 Å². The summed E-state index contributed by atoms with van der Waals surface area (Å²) in [5, 5.41) is 0.895. The molecule has 1 saturated heterocycles. The highest BCUT2D eigenvalue weighted by Gasteiger charge is 2.38. The van der Waals surface area contributed by atoms with Crippen molar-refractivity contribution in [1.29, 1.82) is 0 Å². The number of aromatic nitrogens is 1. The fourth-order valence-electron chi connectivity index (χ4n) is 3.52. The highest BCUT2D eigenvalue weighted by Crippen LogP contribution is 2.40. The van der Waals surface area contributed by atoms with Crippen LogP contribution in [0.5, 0.6) is 0 Å². The molecular formula is C19H20N2O2S2. The molecule has 1 aliphatic rings. The Morgan fingerprint density at radius 2 is 1.96 bits per heavy atom. The van der Waals surface area contributed by atoms with E-state index in [1.54, 1.807) is 21.7 Å². The van der Waals surface area contributed by atoms with E-state index >= 15 is 0 Å². The second-order valence-corrected chi connectivity index (χ2v) is 9.48. The largest absolute Gasteiger partial charge is 0.243 e. The van der Waals surface area contributed by atoms with Crippen LogP contribution in [0, 0.1) is 13.8 Å². The molecule has 0 spiro atoms. The SMILES string of the molecule is Cc1ccc(S(=O)(=O)N2CCCC2c2nc3ccccc3s2)c(C)c1. The summed E-state index contributed by atoms with van der Waals surface area (Å²) >= 11 is 1.60. The molecule has 2 aromatic carbocycles. The quantitative estimate of drug-likeness (QED) is 0.683. The lowest BCUT2D eigenvalue weighted by molar-refractivity contribution is 0.396. The number of thiazole rings is 1. The van der Waals surface area contributed by atoms with E-state index in [1.165, 1.54) is 0 Å². The lowest BCUT2D eigenvalue weighted by Gasteiger charge is -2.23. The van der Waals surface area contributed by atoms with E-state index in [0.29, 0.717) is 11.4 Å². The van der Waals surface area contributed by atoms with Crippen molar-refractivity contribution in [3.05, 3.63) is 58.6 Å². The van der Waals surface area contributed by atoms with Crippen LogP contribution in [0.2, 0.25) is 0 Å². The van der Waals surface area contributed by atoms with Crippen LogP contribution in [0.3, 0.4) is 0 Å². The van der Waals surface area contributed by atoms with Crippen molar-refractivity contribution in [1.82, 2.24) is 9.29 Å². The maximum Gasteiger partial charge on any atom is 0.243 e. The van der Waals surface area contributed by atoms with Crippen LogP contribution >= 0.6 is 11.3 Å². The van der Waals surface area contributed by atoms with Gasteiger partial charge in [-0.15, -0.1) is 11.3 Å². The van der Waals surface area contributed by atoms with Crippen molar-refractivity contribution >= 4 is 31.6 Å². The Hall–Kier alpha value is -1.76. The molecule has 2 heterocycles. The van der Waals surface area contributed by atoms with Gasteiger partial charge in [-0.25, -0.2) is 13.4 Å². The molecule has 0 saturated carbocycles. The molecule has 4 rings (SSSR count). The third kappa shape index (κ3) is 2.88. The maximum absolute atomic E-state index is 13.3. The van der Waals surface area contributed by atoms with Crippen LogP contribution in [-0.4, -0.2) is 24.3 Å². The third-order valence-electron chi connectivity index (χ3n) is 4.72. The zero-order chi connectivity index (χ0) is 17.6. The molecule has 0 amide bonds. The molecule has 0 radical (unpaired) electrons. The smallest absolute Gasteiger partial charge is 0.239 e. The van der Waals surface area contributed by atoms with E-state index in [2.05, 4.69) is 0 Å². The summed E-state index contributed by atoms with van der Waals surface area (Å²) in [6, 6.07) is 13.3. The van der Waals surface area contributed by atoms with E-state index in [4.69, 9.17) is 4.98 Å². The van der Waals surface area contributed by atoms with Gasteiger partial charge in [0.05, 0.1) is 21.2 Å². The number of sulfonamides is 1. The molecule has 0 bridgehead atoms. The molecule has 130 valence electrons. The summed E-state index contributed by atoms with van der Waals surface area (Å²) in [6.07, 6.45) is 1.69. The molecular weight excluding hydrogens is 352 g/mol. The first-order valence-corrected chi connectivity index (χ1v) is 10.7. The van der Waals surface area contributed by atoms with E-state index in [1.807, 2.05) is 50.2 Å². The molecule has 6 heteroatoms. The highest BCUT2D eigenvalue weighted by atomic mass is 32.2. The van der Waals surface area contributed by atoms with Crippen LogP contribution in [0.1, 0.15) is 35.0 Å². The average molecular weight is 373 g/mol. The molecule has 3 aromatic rings. The zero-order valence-electron chi connectivity index (χ0n) is 14.3. The summed E-state index contributed by atoms with van der Waals surface area (Å²) in [5.41, 5.74) is 2.81. The predicted molar refractivity (Wildman–Crippen MR) is 101 cm³/mol. The van der Waals surface area contributed by atoms with Gasteiger partial charge in [-0.3, -0.25) is 0 Å². The number of fused-ring (bicyclic) bond motifs is 1. The van der Waals surface area contributed by atoms with Gasteiger partial charge in [0.1, 0.15) is 5.01 Å². The van der Waals surface area contributed by atoms with Crippen LogP contribution in [0.25, 0.3) is 10.2 Å². The van der Waals surface area contributed by atoms with Gasteiger partial charge in [-0.2, -0.15) is 4.31 Å².